The van der Waals surface area contributed by atoms with Gasteiger partial charge in [-0.3, -0.25) is 4.98 Å². The Bertz CT molecular complexity index is 526. The van der Waals surface area contributed by atoms with Crippen molar-refractivity contribution in [1.29, 1.82) is 0 Å². The van der Waals surface area contributed by atoms with Gasteiger partial charge in [-0.05, 0) is 47.0 Å². The molecule has 0 amide bonds. The highest BCUT2D eigenvalue weighted by atomic mass is 79.9. The first-order valence-corrected chi connectivity index (χ1v) is 6.44. The van der Waals surface area contributed by atoms with E-state index in [9.17, 15) is 0 Å². The fraction of sp³-hybridized carbons (Fsp3) is 0.308. The molecule has 0 unspecified atom stereocenters. The predicted molar refractivity (Wildman–Crippen MR) is 71.7 cm³/mol. The molecule has 2 rings (SSSR count). The molecule has 0 atom stereocenters. The highest BCUT2D eigenvalue weighted by Gasteiger charge is 2.07. The third-order valence-electron chi connectivity index (χ3n) is 2.51. The minimum absolute atomic E-state index is 0.835. The molecule has 2 heterocycles. The Balaban J connectivity index is 2.48. The van der Waals surface area contributed by atoms with Crippen LogP contribution in [0, 0.1) is 6.92 Å². The van der Waals surface area contributed by atoms with Gasteiger partial charge in [0.05, 0.1) is 5.69 Å². The van der Waals surface area contributed by atoms with E-state index in [0.717, 1.165) is 40.1 Å². The summed E-state index contributed by atoms with van der Waals surface area (Å²) in [4.78, 5) is 13.1. The number of hydrogen-bond acceptors (Lipinski definition) is 3. The molecule has 3 nitrogen and oxygen atoms in total. The Morgan fingerprint density at radius 1 is 1.29 bits per heavy atom. The summed E-state index contributed by atoms with van der Waals surface area (Å²) < 4.78 is 0.835. The lowest BCUT2D eigenvalue weighted by Crippen LogP contribution is -1.98. The molecule has 0 bridgehead atoms. The minimum atomic E-state index is 0.835. The average Bonchev–Trinajstić information content (AvgIpc) is 2.29. The lowest BCUT2D eigenvalue weighted by molar-refractivity contribution is 0.831. The van der Waals surface area contributed by atoms with Crippen molar-refractivity contribution in [3.63, 3.8) is 0 Å². The van der Waals surface area contributed by atoms with Crippen LogP contribution in [-0.2, 0) is 6.42 Å². The van der Waals surface area contributed by atoms with Gasteiger partial charge in [0.25, 0.3) is 0 Å². The lowest BCUT2D eigenvalue weighted by Gasteiger charge is -2.06. The monoisotopic (exact) mass is 291 g/mol. The van der Waals surface area contributed by atoms with E-state index in [1.54, 1.807) is 6.20 Å². The van der Waals surface area contributed by atoms with Crippen molar-refractivity contribution in [3.8, 4) is 11.3 Å². The molecule has 0 aliphatic rings. The maximum Gasteiger partial charge on any atom is 0.130 e. The summed E-state index contributed by atoms with van der Waals surface area (Å²) in [6.07, 6.45) is 5.59. The number of halogens is 1. The van der Waals surface area contributed by atoms with E-state index in [4.69, 9.17) is 0 Å². The Labute approximate surface area is 109 Å². The van der Waals surface area contributed by atoms with Gasteiger partial charge in [-0.25, -0.2) is 9.97 Å². The summed E-state index contributed by atoms with van der Waals surface area (Å²) in [5, 5.41) is 0. The van der Waals surface area contributed by atoms with E-state index in [2.05, 4.69) is 37.8 Å². The van der Waals surface area contributed by atoms with Crippen LogP contribution in [0.25, 0.3) is 11.3 Å². The summed E-state index contributed by atoms with van der Waals surface area (Å²) >= 11 is 3.44. The van der Waals surface area contributed by atoms with Crippen molar-refractivity contribution < 1.29 is 0 Å². The van der Waals surface area contributed by atoms with Crippen LogP contribution in [0.5, 0.6) is 0 Å². The highest BCUT2D eigenvalue weighted by Crippen LogP contribution is 2.23. The molecule has 0 radical (unpaired) electrons. The van der Waals surface area contributed by atoms with Gasteiger partial charge >= 0.3 is 0 Å². The predicted octanol–water partition coefficient (Wildman–Crippen LogP) is 3.56. The lowest BCUT2D eigenvalue weighted by atomic mass is 10.1. The molecule has 17 heavy (non-hydrogen) atoms. The molecule has 2 aromatic heterocycles. The standard InChI is InChI=1S/C13H14BrN3/c1-3-4-13-16-11(7-12(14)17-13)10-5-6-15-8-9(10)2/h5-8H,3-4H2,1-2H3. The van der Waals surface area contributed by atoms with Crippen molar-refractivity contribution in [1.82, 2.24) is 15.0 Å². The first kappa shape index (κ1) is 12.2. The van der Waals surface area contributed by atoms with E-state index >= 15 is 0 Å². The van der Waals surface area contributed by atoms with E-state index < -0.39 is 0 Å². The molecule has 0 aliphatic carbocycles. The van der Waals surface area contributed by atoms with E-state index in [1.807, 2.05) is 25.3 Å². The molecule has 0 saturated carbocycles. The molecular weight excluding hydrogens is 278 g/mol. The van der Waals surface area contributed by atoms with Gasteiger partial charge in [0.1, 0.15) is 10.4 Å². The molecule has 0 saturated heterocycles. The second-order valence-corrected chi connectivity index (χ2v) is 4.75. The zero-order valence-electron chi connectivity index (χ0n) is 9.94. The van der Waals surface area contributed by atoms with Gasteiger partial charge in [-0.15, -0.1) is 0 Å². The second-order valence-electron chi connectivity index (χ2n) is 3.93. The molecule has 2 aromatic rings. The number of pyridine rings is 1. The van der Waals surface area contributed by atoms with Gasteiger partial charge in [-0.2, -0.15) is 0 Å². The van der Waals surface area contributed by atoms with Crippen LogP contribution in [0.3, 0.4) is 0 Å². The molecule has 4 heteroatoms. The number of hydrogen-bond donors (Lipinski definition) is 0. The number of aromatic nitrogens is 3. The Morgan fingerprint density at radius 3 is 2.82 bits per heavy atom. The zero-order valence-corrected chi connectivity index (χ0v) is 11.5. The maximum atomic E-state index is 4.59. The normalized spacial score (nSPS) is 10.5. The van der Waals surface area contributed by atoms with Gasteiger partial charge in [0.15, 0.2) is 0 Å². The fourth-order valence-corrected chi connectivity index (χ4v) is 2.12. The van der Waals surface area contributed by atoms with Crippen LogP contribution in [0.1, 0.15) is 24.7 Å². The summed E-state index contributed by atoms with van der Waals surface area (Å²) in [7, 11) is 0. The first-order valence-electron chi connectivity index (χ1n) is 5.65. The number of nitrogens with zero attached hydrogens (tertiary/aromatic N) is 3. The molecular formula is C13H14BrN3. The van der Waals surface area contributed by atoms with Crippen molar-refractivity contribution >= 4 is 15.9 Å². The van der Waals surface area contributed by atoms with Crippen LogP contribution in [0.15, 0.2) is 29.1 Å². The van der Waals surface area contributed by atoms with Gasteiger partial charge in [-0.1, -0.05) is 6.92 Å². The average molecular weight is 292 g/mol. The second kappa shape index (κ2) is 5.36. The number of aryl methyl sites for hydroxylation is 2. The topological polar surface area (TPSA) is 38.7 Å². The summed E-state index contributed by atoms with van der Waals surface area (Å²) in [5.74, 6) is 0.882. The van der Waals surface area contributed by atoms with Gasteiger partial charge in [0, 0.05) is 24.4 Å². The quantitative estimate of drug-likeness (QED) is 0.812. The Morgan fingerprint density at radius 2 is 2.12 bits per heavy atom. The zero-order chi connectivity index (χ0) is 12.3. The molecule has 0 aromatic carbocycles. The first-order chi connectivity index (χ1) is 8.20. The van der Waals surface area contributed by atoms with Gasteiger partial charge in [0.2, 0.25) is 0 Å². The van der Waals surface area contributed by atoms with Crippen molar-refractivity contribution in [2.75, 3.05) is 0 Å². The van der Waals surface area contributed by atoms with Crippen LogP contribution in [-0.4, -0.2) is 15.0 Å². The van der Waals surface area contributed by atoms with Crippen molar-refractivity contribution in [2.45, 2.75) is 26.7 Å². The Hall–Kier alpha value is -1.29. The third-order valence-corrected chi connectivity index (χ3v) is 2.92. The number of rotatable bonds is 3. The van der Waals surface area contributed by atoms with Gasteiger partial charge < -0.3 is 0 Å². The molecule has 0 spiro atoms. The highest BCUT2D eigenvalue weighted by molar-refractivity contribution is 9.10. The van der Waals surface area contributed by atoms with E-state index in [0.29, 0.717) is 0 Å². The minimum Gasteiger partial charge on any atom is -0.264 e. The van der Waals surface area contributed by atoms with Crippen molar-refractivity contribution in [2.24, 2.45) is 0 Å². The maximum absolute atomic E-state index is 4.59. The van der Waals surface area contributed by atoms with Crippen LogP contribution in [0.4, 0.5) is 0 Å². The molecule has 0 fully saturated rings. The van der Waals surface area contributed by atoms with Crippen LogP contribution >= 0.6 is 15.9 Å². The summed E-state index contributed by atoms with van der Waals surface area (Å²) in [5.41, 5.74) is 3.19. The fourth-order valence-electron chi connectivity index (χ4n) is 1.70. The van der Waals surface area contributed by atoms with E-state index in [-0.39, 0.29) is 0 Å². The molecule has 88 valence electrons. The SMILES string of the molecule is CCCc1nc(Br)cc(-c2ccncc2C)n1. The summed E-state index contributed by atoms with van der Waals surface area (Å²) in [6.45, 7) is 4.17. The van der Waals surface area contributed by atoms with Crippen LogP contribution in [0.2, 0.25) is 0 Å². The van der Waals surface area contributed by atoms with Crippen molar-refractivity contribution in [3.05, 3.63) is 40.5 Å². The van der Waals surface area contributed by atoms with Crippen LogP contribution < -0.4 is 0 Å². The molecule has 0 N–H and O–H groups in total. The Kier molecular flexibility index (Phi) is 3.84. The van der Waals surface area contributed by atoms with E-state index in [1.165, 1.54) is 0 Å². The molecule has 0 aliphatic heterocycles. The smallest absolute Gasteiger partial charge is 0.130 e. The largest absolute Gasteiger partial charge is 0.264 e. The summed E-state index contributed by atoms with van der Waals surface area (Å²) in [6, 6.07) is 3.93. The third kappa shape index (κ3) is 2.88.